The molecule has 0 aliphatic heterocycles. The molecule has 96 valence electrons. The van der Waals surface area contributed by atoms with Gasteiger partial charge in [0.1, 0.15) is 0 Å². The Labute approximate surface area is 110 Å². The average molecular weight is 283 g/mol. The molecule has 4 nitrogen and oxygen atoms in total. The van der Waals surface area contributed by atoms with E-state index in [1.54, 1.807) is 30.5 Å². The molecular weight excluding hydrogens is 270 g/mol. The lowest BCUT2D eigenvalue weighted by atomic mass is 10.2. The zero-order valence-electron chi connectivity index (χ0n) is 9.87. The molecule has 2 aromatic rings. The van der Waals surface area contributed by atoms with Crippen LogP contribution in [0.25, 0.3) is 0 Å². The first-order valence-corrected chi connectivity index (χ1v) is 7.71. The molecule has 1 aromatic heterocycles. The van der Waals surface area contributed by atoms with Crippen molar-refractivity contribution in [3.8, 4) is 0 Å². The van der Waals surface area contributed by atoms with Gasteiger partial charge >= 0.3 is 0 Å². The molecule has 1 heterocycles. The molecule has 0 radical (unpaired) electrons. The van der Waals surface area contributed by atoms with Gasteiger partial charge in [-0.2, -0.15) is 8.42 Å². The second-order valence-corrected chi connectivity index (χ2v) is 6.36. The van der Waals surface area contributed by atoms with Crippen molar-refractivity contribution in [3.63, 3.8) is 0 Å². The second kappa shape index (κ2) is 5.60. The predicted molar refractivity (Wildman–Crippen MR) is 70.1 cm³/mol. The van der Waals surface area contributed by atoms with E-state index in [1.165, 1.54) is 11.3 Å². The van der Waals surface area contributed by atoms with Gasteiger partial charge in [0.05, 0.1) is 16.5 Å². The first kappa shape index (κ1) is 13.2. The molecule has 0 aliphatic carbocycles. The second-order valence-electron chi connectivity index (χ2n) is 3.76. The number of hydrogen-bond acceptors (Lipinski definition) is 5. The Hall–Kier alpha value is -1.24. The van der Waals surface area contributed by atoms with Gasteiger partial charge in [0, 0.05) is 18.0 Å². The van der Waals surface area contributed by atoms with Crippen LogP contribution in [0.1, 0.15) is 10.6 Å². The third-order valence-electron chi connectivity index (χ3n) is 2.35. The van der Waals surface area contributed by atoms with Crippen LogP contribution < -0.4 is 0 Å². The van der Waals surface area contributed by atoms with Crippen LogP contribution in [0.4, 0.5) is 0 Å². The minimum atomic E-state index is -3.65. The Bertz CT molecular complexity index is 589. The van der Waals surface area contributed by atoms with Gasteiger partial charge in [-0.05, 0) is 19.1 Å². The van der Waals surface area contributed by atoms with E-state index in [0.717, 1.165) is 10.6 Å². The lowest BCUT2D eigenvalue weighted by Gasteiger charge is -2.04. The summed E-state index contributed by atoms with van der Waals surface area (Å²) in [4.78, 5) is 4.25. The SMILES string of the molecule is Cc1ccc(S(=O)(=O)OCCc2nccs2)cc1. The maximum atomic E-state index is 11.8. The quantitative estimate of drug-likeness (QED) is 0.791. The molecule has 6 heteroatoms. The molecule has 18 heavy (non-hydrogen) atoms. The fourth-order valence-electron chi connectivity index (χ4n) is 1.39. The summed E-state index contributed by atoms with van der Waals surface area (Å²) in [5.74, 6) is 0. The van der Waals surface area contributed by atoms with Crippen LogP contribution in [0.2, 0.25) is 0 Å². The van der Waals surface area contributed by atoms with Crippen LogP contribution in [0.15, 0.2) is 40.7 Å². The van der Waals surface area contributed by atoms with E-state index < -0.39 is 10.1 Å². The summed E-state index contributed by atoms with van der Waals surface area (Å²) in [6, 6.07) is 6.59. The minimum Gasteiger partial charge on any atom is -0.266 e. The van der Waals surface area contributed by atoms with Gasteiger partial charge in [-0.1, -0.05) is 17.7 Å². The Balaban J connectivity index is 1.97. The standard InChI is InChI=1S/C12H13NO3S2/c1-10-2-4-11(5-3-10)18(14,15)16-8-6-12-13-7-9-17-12/h2-5,7,9H,6,8H2,1H3. The van der Waals surface area contributed by atoms with Crippen LogP contribution in [0.3, 0.4) is 0 Å². The van der Waals surface area contributed by atoms with Gasteiger partial charge in [-0.25, -0.2) is 4.98 Å². The number of hydrogen-bond donors (Lipinski definition) is 0. The third kappa shape index (κ3) is 3.38. The fraction of sp³-hybridized carbons (Fsp3) is 0.250. The summed E-state index contributed by atoms with van der Waals surface area (Å²) in [6.45, 7) is 2.02. The van der Waals surface area contributed by atoms with E-state index in [0.29, 0.717) is 6.42 Å². The Morgan fingerprint density at radius 1 is 1.28 bits per heavy atom. The number of aromatic nitrogens is 1. The highest BCUT2D eigenvalue weighted by Gasteiger charge is 2.14. The molecule has 0 atom stereocenters. The number of rotatable bonds is 5. The van der Waals surface area contributed by atoms with Crippen molar-refractivity contribution in [2.24, 2.45) is 0 Å². The fourth-order valence-corrected chi connectivity index (χ4v) is 2.90. The topological polar surface area (TPSA) is 56.3 Å². The van der Waals surface area contributed by atoms with Crippen molar-refractivity contribution in [3.05, 3.63) is 46.4 Å². The van der Waals surface area contributed by atoms with Gasteiger partial charge in [0.2, 0.25) is 0 Å². The first-order valence-electron chi connectivity index (χ1n) is 5.42. The normalized spacial score (nSPS) is 11.6. The van der Waals surface area contributed by atoms with Crippen molar-refractivity contribution < 1.29 is 12.6 Å². The molecule has 2 rings (SSSR count). The zero-order valence-corrected chi connectivity index (χ0v) is 11.5. The molecule has 0 amide bonds. The molecular formula is C12H13NO3S2. The maximum absolute atomic E-state index is 11.8. The molecule has 0 bridgehead atoms. The third-order valence-corrected chi connectivity index (χ3v) is 4.51. The van der Waals surface area contributed by atoms with E-state index in [-0.39, 0.29) is 11.5 Å². The highest BCUT2D eigenvalue weighted by atomic mass is 32.2. The van der Waals surface area contributed by atoms with Crippen molar-refractivity contribution in [2.75, 3.05) is 6.61 Å². The van der Waals surface area contributed by atoms with Crippen LogP contribution >= 0.6 is 11.3 Å². The molecule has 0 saturated heterocycles. The number of benzene rings is 1. The molecule has 1 aromatic carbocycles. The lowest BCUT2D eigenvalue weighted by Crippen LogP contribution is -2.09. The van der Waals surface area contributed by atoms with Gasteiger partial charge < -0.3 is 0 Å². The Morgan fingerprint density at radius 3 is 2.61 bits per heavy atom. The first-order chi connectivity index (χ1) is 8.58. The molecule has 0 fully saturated rings. The summed E-state index contributed by atoms with van der Waals surface area (Å²) >= 11 is 1.49. The van der Waals surface area contributed by atoms with E-state index in [2.05, 4.69) is 4.98 Å². The Morgan fingerprint density at radius 2 is 2.00 bits per heavy atom. The van der Waals surface area contributed by atoms with Crippen LogP contribution in [-0.2, 0) is 20.7 Å². The van der Waals surface area contributed by atoms with E-state index >= 15 is 0 Å². The number of thiazole rings is 1. The lowest BCUT2D eigenvalue weighted by molar-refractivity contribution is 0.322. The van der Waals surface area contributed by atoms with Crippen molar-refractivity contribution in [1.82, 2.24) is 4.98 Å². The minimum absolute atomic E-state index is 0.115. The van der Waals surface area contributed by atoms with Crippen molar-refractivity contribution >= 4 is 21.5 Å². The summed E-state index contributed by atoms with van der Waals surface area (Å²) in [6.07, 6.45) is 2.19. The van der Waals surface area contributed by atoms with E-state index in [1.807, 2.05) is 12.3 Å². The monoisotopic (exact) mass is 283 g/mol. The number of nitrogens with zero attached hydrogens (tertiary/aromatic N) is 1. The van der Waals surface area contributed by atoms with Gasteiger partial charge in [-0.15, -0.1) is 11.3 Å². The van der Waals surface area contributed by atoms with Gasteiger partial charge in [0.25, 0.3) is 10.1 Å². The summed E-state index contributed by atoms with van der Waals surface area (Å²) in [5, 5.41) is 2.72. The van der Waals surface area contributed by atoms with Crippen LogP contribution in [0, 0.1) is 6.92 Å². The largest absolute Gasteiger partial charge is 0.296 e. The molecule has 0 spiro atoms. The highest BCUT2D eigenvalue weighted by Crippen LogP contribution is 2.14. The summed E-state index contributed by atoms with van der Waals surface area (Å²) in [7, 11) is -3.65. The molecule has 0 unspecified atom stereocenters. The summed E-state index contributed by atoms with van der Waals surface area (Å²) < 4.78 is 28.6. The van der Waals surface area contributed by atoms with Gasteiger partial charge in [-0.3, -0.25) is 4.18 Å². The zero-order chi connectivity index (χ0) is 13.0. The highest BCUT2D eigenvalue weighted by molar-refractivity contribution is 7.86. The van der Waals surface area contributed by atoms with Gasteiger partial charge in [0.15, 0.2) is 0 Å². The smallest absolute Gasteiger partial charge is 0.266 e. The molecule has 0 saturated carbocycles. The average Bonchev–Trinajstić information content (AvgIpc) is 2.82. The maximum Gasteiger partial charge on any atom is 0.296 e. The predicted octanol–water partition coefficient (Wildman–Crippen LogP) is 2.40. The summed E-state index contributed by atoms with van der Waals surface area (Å²) in [5.41, 5.74) is 1.01. The Kier molecular flexibility index (Phi) is 4.11. The van der Waals surface area contributed by atoms with Crippen LogP contribution in [0.5, 0.6) is 0 Å². The number of aryl methyl sites for hydroxylation is 1. The molecule has 0 aliphatic rings. The van der Waals surface area contributed by atoms with E-state index in [9.17, 15) is 8.42 Å². The van der Waals surface area contributed by atoms with Crippen LogP contribution in [-0.4, -0.2) is 20.0 Å². The van der Waals surface area contributed by atoms with Crippen molar-refractivity contribution in [1.29, 1.82) is 0 Å². The van der Waals surface area contributed by atoms with Crippen molar-refractivity contribution in [2.45, 2.75) is 18.2 Å². The molecule has 0 N–H and O–H groups in total. The van der Waals surface area contributed by atoms with E-state index in [4.69, 9.17) is 4.18 Å².